The van der Waals surface area contributed by atoms with E-state index in [1.54, 1.807) is 31.4 Å². The first kappa shape index (κ1) is 19.5. The average Bonchev–Trinajstić information content (AvgIpc) is 2.67. The zero-order valence-corrected chi connectivity index (χ0v) is 16.6. The summed E-state index contributed by atoms with van der Waals surface area (Å²) in [6, 6.07) is 14.0. The van der Waals surface area contributed by atoms with E-state index in [2.05, 4.69) is 10.3 Å². The van der Waals surface area contributed by atoms with Crippen molar-refractivity contribution in [1.29, 1.82) is 0 Å². The summed E-state index contributed by atoms with van der Waals surface area (Å²) < 4.78 is 5.30. The van der Waals surface area contributed by atoms with Crippen molar-refractivity contribution in [2.24, 2.45) is 0 Å². The molecule has 0 saturated heterocycles. The van der Waals surface area contributed by atoms with E-state index in [1.165, 1.54) is 6.20 Å². The summed E-state index contributed by atoms with van der Waals surface area (Å²) in [4.78, 5) is 16.8. The number of benzene rings is 2. The van der Waals surface area contributed by atoms with E-state index in [0.29, 0.717) is 44.2 Å². The fraction of sp³-hybridized carbons (Fsp3) is 0.100. The summed E-state index contributed by atoms with van der Waals surface area (Å²) in [6.45, 7) is 0.334. The largest absolute Gasteiger partial charge is 0.496 e. The van der Waals surface area contributed by atoms with Crippen molar-refractivity contribution >= 4 is 40.7 Å². The molecule has 4 nitrogen and oxygen atoms in total. The van der Waals surface area contributed by atoms with Gasteiger partial charge in [-0.1, -0.05) is 53.0 Å². The molecule has 0 saturated carbocycles. The van der Waals surface area contributed by atoms with Crippen LogP contribution in [0.4, 0.5) is 0 Å². The molecular formula is C20H15Cl3N2O2. The number of aromatic nitrogens is 1. The molecular weight excluding hydrogens is 407 g/mol. The molecule has 0 aliphatic heterocycles. The topological polar surface area (TPSA) is 51.2 Å². The van der Waals surface area contributed by atoms with Gasteiger partial charge >= 0.3 is 0 Å². The molecule has 1 heterocycles. The molecule has 0 atom stereocenters. The van der Waals surface area contributed by atoms with Crippen LogP contribution < -0.4 is 10.1 Å². The molecule has 1 N–H and O–H groups in total. The Morgan fingerprint density at radius 3 is 2.59 bits per heavy atom. The van der Waals surface area contributed by atoms with Crippen molar-refractivity contribution in [3.05, 3.63) is 80.9 Å². The quantitative estimate of drug-likeness (QED) is 0.579. The fourth-order valence-electron chi connectivity index (χ4n) is 2.59. The van der Waals surface area contributed by atoms with Crippen molar-refractivity contribution in [1.82, 2.24) is 10.3 Å². The first-order chi connectivity index (χ1) is 13.0. The number of rotatable bonds is 5. The second-order valence-electron chi connectivity index (χ2n) is 5.67. The minimum atomic E-state index is -0.246. The fourth-order valence-corrected chi connectivity index (χ4v) is 3.28. The van der Waals surface area contributed by atoms with Crippen LogP contribution in [-0.2, 0) is 6.54 Å². The van der Waals surface area contributed by atoms with Gasteiger partial charge < -0.3 is 10.1 Å². The number of hydrogen-bond acceptors (Lipinski definition) is 3. The van der Waals surface area contributed by atoms with E-state index in [-0.39, 0.29) is 5.91 Å². The summed E-state index contributed by atoms with van der Waals surface area (Å²) >= 11 is 18.4. The van der Waals surface area contributed by atoms with E-state index in [0.717, 1.165) is 5.56 Å². The van der Waals surface area contributed by atoms with Crippen molar-refractivity contribution < 1.29 is 9.53 Å². The number of methoxy groups -OCH3 is 1. The Kier molecular flexibility index (Phi) is 6.22. The molecule has 3 aromatic rings. The number of pyridine rings is 1. The molecule has 0 spiro atoms. The second kappa shape index (κ2) is 8.61. The number of halogens is 3. The summed E-state index contributed by atoms with van der Waals surface area (Å²) in [5, 5.41) is 4.09. The van der Waals surface area contributed by atoms with Crippen LogP contribution in [0.25, 0.3) is 11.3 Å². The summed E-state index contributed by atoms with van der Waals surface area (Å²) in [7, 11) is 1.59. The van der Waals surface area contributed by atoms with E-state index in [4.69, 9.17) is 39.5 Å². The molecule has 1 aromatic heterocycles. The second-order valence-corrected chi connectivity index (χ2v) is 6.92. The van der Waals surface area contributed by atoms with Crippen molar-refractivity contribution in [2.45, 2.75) is 6.54 Å². The monoisotopic (exact) mass is 420 g/mol. The lowest BCUT2D eigenvalue weighted by Crippen LogP contribution is -2.23. The number of nitrogens with one attached hydrogen (secondary N) is 1. The minimum Gasteiger partial charge on any atom is -0.496 e. The molecule has 0 bridgehead atoms. The third kappa shape index (κ3) is 4.53. The highest BCUT2D eigenvalue weighted by atomic mass is 35.5. The van der Waals surface area contributed by atoms with Gasteiger partial charge in [-0.25, -0.2) is 0 Å². The SMILES string of the molecule is COc1ccccc1CNC(=O)c1ccc(Cl)c(-c2ncc(Cl)cc2Cl)c1. The molecule has 0 aliphatic rings. The van der Waals surface area contributed by atoms with Crippen LogP contribution >= 0.6 is 34.8 Å². The van der Waals surface area contributed by atoms with Crippen LogP contribution in [0.5, 0.6) is 5.75 Å². The van der Waals surface area contributed by atoms with Crippen LogP contribution in [-0.4, -0.2) is 18.0 Å². The standard InChI is InChI=1S/C20H15Cl3N2O2/c1-27-18-5-3-2-4-13(18)10-25-20(26)12-6-7-16(22)15(8-12)19-17(23)9-14(21)11-24-19/h2-9,11H,10H2,1H3,(H,25,26). The van der Waals surface area contributed by atoms with Gasteiger partial charge in [0.05, 0.1) is 27.9 Å². The smallest absolute Gasteiger partial charge is 0.251 e. The third-order valence-corrected chi connectivity index (χ3v) is 4.75. The zero-order valence-electron chi connectivity index (χ0n) is 14.3. The van der Waals surface area contributed by atoms with Gasteiger partial charge in [-0.3, -0.25) is 9.78 Å². The molecule has 0 unspecified atom stereocenters. The predicted octanol–water partition coefficient (Wildman–Crippen LogP) is 5.65. The molecule has 0 aliphatic carbocycles. The lowest BCUT2D eigenvalue weighted by Gasteiger charge is -2.11. The number of carbonyl (C=O) groups excluding carboxylic acids is 1. The highest BCUT2D eigenvalue weighted by molar-refractivity contribution is 6.37. The Labute approximate surface area is 172 Å². The van der Waals surface area contributed by atoms with Gasteiger partial charge in [-0.15, -0.1) is 0 Å². The van der Waals surface area contributed by atoms with Crippen LogP contribution in [0.15, 0.2) is 54.7 Å². The van der Waals surface area contributed by atoms with Crippen molar-refractivity contribution in [3.63, 3.8) is 0 Å². The van der Waals surface area contributed by atoms with Crippen LogP contribution in [0.3, 0.4) is 0 Å². The van der Waals surface area contributed by atoms with Crippen LogP contribution in [0.2, 0.25) is 15.1 Å². The highest BCUT2D eigenvalue weighted by Gasteiger charge is 2.14. The maximum absolute atomic E-state index is 12.6. The summed E-state index contributed by atoms with van der Waals surface area (Å²) in [5.41, 5.74) is 2.34. The van der Waals surface area contributed by atoms with Crippen molar-refractivity contribution in [2.75, 3.05) is 7.11 Å². The number of hydrogen-bond donors (Lipinski definition) is 1. The Morgan fingerprint density at radius 1 is 1.07 bits per heavy atom. The van der Waals surface area contributed by atoms with Gasteiger partial charge in [0.25, 0.3) is 5.91 Å². The third-order valence-electron chi connectivity index (χ3n) is 3.92. The lowest BCUT2D eigenvalue weighted by atomic mass is 10.1. The Morgan fingerprint density at radius 2 is 1.85 bits per heavy atom. The van der Waals surface area contributed by atoms with Gasteiger partial charge in [-0.2, -0.15) is 0 Å². The van der Waals surface area contributed by atoms with Gasteiger partial charge in [0, 0.05) is 29.4 Å². The number of para-hydroxylation sites is 1. The minimum absolute atomic E-state index is 0.246. The maximum atomic E-state index is 12.6. The maximum Gasteiger partial charge on any atom is 0.251 e. The van der Waals surface area contributed by atoms with Gasteiger partial charge in [0.2, 0.25) is 0 Å². The number of carbonyl (C=O) groups is 1. The normalized spacial score (nSPS) is 10.5. The molecule has 3 rings (SSSR count). The van der Waals surface area contributed by atoms with E-state index < -0.39 is 0 Å². The molecule has 27 heavy (non-hydrogen) atoms. The average molecular weight is 422 g/mol. The van der Waals surface area contributed by atoms with E-state index >= 15 is 0 Å². The van der Waals surface area contributed by atoms with E-state index in [9.17, 15) is 4.79 Å². The Bertz CT molecular complexity index is 993. The number of amides is 1. The first-order valence-electron chi connectivity index (χ1n) is 8.00. The Hall–Kier alpha value is -2.27. The number of nitrogens with zero attached hydrogens (tertiary/aromatic N) is 1. The molecule has 0 fully saturated rings. The molecule has 0 radical (unpaired) electrons. The van der Waals surface area contributed by atoms with Gasteiger partial charge in [-0.05, 0) is 30.3 Å². The highest BCUT2D eigenvalue weighted by Crippen LogP contribution is 2.33. The van der Waals surface area contributed by atoms with Crippen molar-refractivity contribution in [3.8, 4) is 17.0 Å². The zero-order chi connectivity index (χ0) is 19.4. The molecule has 1 amide bonds. The van der Waals surface area contributed by atoms with Crippen LogP contribution in [0, 0.1) is 0 Å². The molecule has 7 heteroatoms. The molecule has 138 valence electrons. The van der Waals surface area contributed by atoms with E-state index in [1.807, 2.05) is 24.3 Å². The first-order valence-corrected chi connectivity index (χ1v) is 9.14. The molecule has 2 aromatic carbocycles. The summed E-state index contributed by atoms with van der Waals surface area (Å²) in [6.07, 6.45) is 1.48. The van der Waals surface area contributed by atoms with Gasteiger partial charge in [0.15, 0.2) is 0 Å². The Balaban J connectivity index is 1.84. The van der Waals surface area contributed by atoms with Crippen LogP contribution in [0.1, 0.15) is 15.9 Å². The number of ether oxygens (including phenoxy) is 1. The van der Waals surface area contributed by atoms with Gasteiger partial charge in [0.1, 0.15) is 5.75 Å². The predicted molar refractivity (Wildman–Crippen MR) is 109 cm³/mol. The summed E-state index contributed by atoms with van der Waals surface area (Å²) in [5.74, 6) is 0.468. The lowest BCUT2D eigenvalue weighted by molar-refractivity contribution is 0.0950.